The van der Waals surface area contributed by atoms with Gasteiger partial charge in [-0.05, 0) is 84.3 Å². The molecule has 3 aromatic carbocycles. The molecular formula is C34H26Cl2FN3O6S2. The summed E-state index contributed by atoms with van der Waals surface area (Å²) in [6.07, 6.45) is 0.731. The maximum atomic E-state index is 13.9. The lowest BCUT2D eigenvalue weighted by Gasteiger charge is -2.43. The first-order valence-corrected chi connectivity index (χ1v) is 17.7. The minimum atomic E-state index is -0.493. The first-order chi connectivity index (χ1) is 23.1. The van der Waals surface area contributed by atoms with Crippen molar-refractivity contribution in [1.29, 1.82) is 0 Å². The van der Waals surface area contributed by atoms with Gasteiger partial charge in [-0.15, -0.1) is 11.8 Å². The number of nitrogens with zero attached hydrogens (tertiary/aromatic N) is 1. The molecule has 2 N–H and O–H groups in total. The highest BCUT2D eigenvalue weighted by atomic mass is 35.5. The van der Waals surface area contributed by atoms with Crippen molar-refractivity contribution < 1.29 is 28.2 Å². The van der Waals surface area contributed by atoms with Crippen LogP contribution in [0.15, 0.2) is 70.5 Å². The fourth-order valence-corrected chi connectivity index (χ4v) is 11.3. The number of aromatic amines is 1. The van der Waals surface area contributed by atoms with Crippen molar-refractivity contribution in [2.75, 3.05) is 23.9 Å². The molecule has 2 aliphatic carbocycles. The number of H-pyrrole nitrogens is 1. The smallest absolute Gasteiger partial charge is 0.305 e. The quantitative estimate of drug-likeness (QED) is 0.207. The number of benzene rings is 3. The average Bonchev–Trinajstić information content (AvgIpc) is 3.81. The minimum absolute atomic E-state index is 0.00379. The molecule has 1 aromatic heterocycles. The summed E-state index contributed by atoms with van der Waals surface area (Å²) in [5, 5.41) is 4.19. The summed E-state index contributed by atoms with van der Waals surface area (Å²) in [5.74, 6) is -1.96. The fraction of sp³-hybridized carbons (Fsp3) is 0.294. The van der Waals surface area contributed by atoms with Gasteiger partial charge in [0.05, 0.1) is 39.7 Å². The molecule has 2 saturated carbocycles. The van der Waals surface area contributed by atoms with Gasteiger partial charge in [0.1, 0.15) is 5.82 Å². The molecule has 4 aromatic rings. The van der Waals surface area contributed by atoms with E-state index in [0.29, 0.717) is 32.9 Å². The summed E-state index contributed by atoms with van der Waals surface area (Å²) in [4.78, 5) is 58.0. The van der Waals surface area contributed by atoms with Gasteiger partial charge in [0.25, 0.3) is 5.91 Å². The summed E-state index contributed by atoms with van der Waals surface area (Å²) in [6.45, 7) is -0.294. The Morgan fingerprint density at radius 1 is 0.979 bits per heavy atom. The topological polar surface area (TPSA) is 118 Å². The Hall–Kier alpha value is -3.84. The Morgan fingerprint density at radius 3 is 2.46 bits per heavy atom. The Balaban J connectivity index is 1.08. The van der Waals surface area contributed by atoms with E-state index in [2.05, 4.69) is 10.3 Å². The Labute approximate surface area is 291 Å². The molecule has 2 aliphatic heterocycles. The van der Waals surface area contributed by atoms with Crippen LogP contribution in [0.4, 0.5) is 15.8 Å². The van der Waals surface area contributed by atoms with Crippen LogP contribution in [0.5, 0.6) is 11.5 Å². The van der Waals surface area contributed by atoms with Crippen LogP contribution in [-0.2, 0) is 14.4 Å². The Bertz CT molecular complexity index is 2050. The molecule has 0 spiro atoms. The second kappa shape index (κ2) is 11.9. The maximum absolute atomic E-state index is 13.9. The van der Waals surface area contributed by atoms with Crippen LogP contribution in [0.25, 0.3) is 0 Å². The number of hydrogen-bond acceptors (Lipinski definition) is 8. The van der Waals surface area contributed by atoms with Gasteiger partial charge in [0, 0.05) is 21.7 Å². The number of hydrogen-bond donors (Lipinski definition) is 2. The molecule has 3 fully saturated rings. The van der Waals surface area contributed by atoms with Crippen molar-refractivity contribution in [2.45, 2.75) is 22.6 Å². The monoisotopic (exact) mass is 725 g/mol. The highest BCUT2D eigenvalue weighted by Crippen LogP contribution is 2.68. The molecule has 1 saturated heterocycles. The number of carbonyl (C=O) groups is 3. The van der Waals surface area contributed by atoms with E-state index in [1.165, 1.54) is 36.3 Å². The largest absolute Gasteiger partial charge is 0.493 e. The van der Waals surface area contributed by atoms with Crippen molar-refractivity contribution in [3.05, 3.63) is 96.6 Å². The second-order valence-electron chi connectivity index (χ2n) is 12.3. The molecule has 2 bridgehead atoms. The van der Waals surface area contributed by atoms with Gasteiger partial charge in [-0.2, -0.15) is 0 Å². The first-order valence-electron chi connectivity index (χ1n) is 15.2. The van der Waals surface area contributed by atoms with Crippen molar-refractivity contribution in [3.63, 3.8) is 0 Å². The zero-order valence-electron chi connectivity index (χ0n) is 25.1. The van der Waals surface area contributed by atoms with Crippen LogP contribution in [0.1, 0.15) is 22.8 Å². The zero-order chi connectivity index (χ0) is 33.4. The van der Waals surface area contributed by atoms with Gasteiger partial charge in [-0.1, -0.05) is 40.6 Å². The second-order valence-corrected chi connectivity index (χ2v) is 15.3. The lowest BCUT2D eigenvalue weighted by molar-refractivity contribution is -0.123. The van der Waals surface area contributed by atoms with Crippen molar-refractivity contribution in [2.24, 2.45) is 29.6 Å². The summed E-state index contributed by atoms with van der Waals surface area (Å²) in [6, 6.07) is 15.7. The van der Waals surface area contributed by atoms with E-state index < -0.39 is 23.6 Å². The molecule has 246 valence electrons. The van der Waals surface area contributed by atoms with Crippen LogP contribution < -0.4 is 24.6 Å². The predicted molar refractivity (Wildman–Crippen MR) is 181 cm³/mol. The van der Waals surface area contributed by atoms with Crippen molar-refractivity contribution in [3.8, 4) is 11.5 Å². The highest BCUT2D eigenvalue weighted by Gasteiger charge is 2.69. The summed E-state index contributed by atoms with van der Waals surface area (Å²) in [5.41, 5.74) is 1.73. The third kappa shape index (κ3) is 5.03. The SMILES string of the molecule is COc1cc([C@H]2c3sc(=O)[nH]c3SC3C4CC(C5C(=O)N(c6ccc(F)cc6)C(=O)C45)C32)ccc1OCC(=O)Nc1ccc(Cl)c(Cl)c1. The summed E-state index contributed by atoms with van der Waals surface area (Å²) < 4.78 is 25.2. The highest BCUT2D eigenvalue weighted by molar-refractivity contribution is 8.00. The van der Waals surface area contributed by atoms with E-state index in [4.69, 9.17) is 32.7 Å². The number of halogens is 3. The normalized spacial score (nSPS) is 26.7. The van der Waals surface area contributed by atoms with Crippen LogP contribution in [-0.4, -0.2) is 41.7 Å². The van der Waals surface area contributed by atoms with E-state index in [9.17, 15) is 23.6 Å². The van der Waals surface area contributed by atoms with Gasteiger partial charge in [-0.3, -0.25) is 24.1 Å². The third-order valence-electron chi connectivity index (χ3n) is 9.92. The zero-order valence-corrected chi connectivity index (χ0v) is 28.2. The molecular weight excluding hydrogens is 700 g/mol. The maximum Gasteiger partial charge on any atom is 0.305 e. The number of anilines is 2. The number of imide groups is 1. The molecule has 6 unspecified atom stereocenters. The number of carbonyl (C=O) groups excluding carboxylic acids is 3. The van der Waals surface area contributed by atoms with Gasteiger partial charge >= 0.3 is 4.87 Å². The van der Waals surface area contributed by atoms with Crippen LogP contribution in [0.2, 0.25) is 10.0 Å². The average molecular weight is 727 g/mol. The number of fused-ring (bicyclic) bond motifs is 9. The lowest BCUT2D eigenvalue weighted by Crippen LogP contribution is -2.42. The minimum Gasteiger partial charge on any atom is -0.493 e. The van der Waals surface area contributed by atoms with E-state index >= 15 is 0 Å². The van der Waals surface area contributed by atoms with Gasteiger partial charge in [0.15, 0.2) is 18.1 Å². The van der Waals surface area contributed by atoms with Gasteiger partial charge in [0.2, 0.25) is 11.8 Å². The van der Waals surface area contributed by atoms with Gasteiger partial charge in [-0.25, -0.2) is 4.39 Å². The number of ether oxygens (including phenoxy) is 2. The van der Waals surface area contributed by atoms with Crippen LogP contribution in [0, 0.1) is 35.4 Å². The molecule has 14 heteroatoms. The summed E-state index contributed by atoms with van der Waals surface area (Å²) >= 11 is 14.8. The Morgan fingerprint density at radius 2 is 1.73 bits per heavy atom. The molecule has 4 aliphatic rings. The number of rotatable bonds is 7. The number of amides is 3. The van der Waals surface area contributed by atoms with Crippen molar-refractivity contribution >= 4 is 75.4 Å². The predicted octanol–water partition coefficient (Wildman–Crippen LogP) is 6.59. The van der Waals surface area contributed by atoms with Crippen LogP contribution in [0.3, 0.4) is 0 Å². The number of thioether (sulfide) groups is 1. The molecule has 7 atom stereocenters. The summed E-state index contributed by atoms with van der Waals surface area (Å²) in [7, 11) is 1.51. The van der Waals surface area contributed by atoms with Crippen molar-refractivity contribution in [1.82, 2.24) is 4.98 Å². The van der Waals surface area contributed by atoms with Crippen LogP contribution >= 0.6 is 46.3 Å². The molecule has 48 heavy (non-hydrogen) atoms. The Kier molecular flexibility index (Phi) is 7.82. The van der Waals surface area contributed by atoms with Gasteiger partial charge < -0.3 is 19.8 Å². The van der Waals surface area contributed by atoms with E-state index in [1.807, 2.05) is 12.1 Å². The fourth-order valence-electron chi connectivity index (χ4n) is 8.15. The molecule has 0 radical (unpaired) electrons. The number of nitrogens with one attached hydrogen (secondary N) is 2. The first kappa shape index (κ1) is 31.4. The molecule has 9 nitrogen and oxygen atoms in total. The number of methoxy groups -OCH3 is 1. The van der Waals surface area contributed by atoms with E-state index in [0.717, 1.165) is 33.2 Å². The molecule has 3 amide bonds. The lowest BCUT2D eigenvalue weighted by atomic mass is 9.68. The third-order valence-corrected chi connectivity index (χ3v) is 13.2. The standard InChI is InChI=1S/C34H26Cl2FN3O6S2/c1-45-23-10-14(2-9-22(23)46-13-24(41)38-16-5-8-20(35)21(36)11-16)25-26-18-12-19(29(26)47-31-30(25)48-34(44)39-31)28-27(18)32(42)40(33(28)43)17-6-3-15(37)4-7-17/h2-11,18-19,25-29H,12-13H2,1H3,(H,38,41)(H,39,44)/t18?,19?,25-,26?,27?,28?,29?/m1/s1. The number of aromatic nitrogens is 1. The molecule has 3 heterocycles. The van der Waals surface area contributed by atoms with E-state index in [1.54, 1.807) is 36.0 Å². The number of thiazole rings is 1. The molecule has 8 rings (SSSR count). The van der Waals surface area contributed by atoms with E-state index in [-0.39, 0.29) is 52.2 Å².